The lowest BCUT2D eigenvalue weighted by Gasteiger charge is -2.17. The van der Waals surface area contributed by atoms with Crippen LogP contribution >= 0.6 is 0 Å². The van der Waals surface area contributed by atoms with Gasteiger partial charge in [-0.2, -0.15) is 4.80 Å². The molecule has 0 saturated heterocycles. The molecule has 2 aromatic rings. The number of carbonyl (C=O) groups excluding carboxylic acids is 2. The van der Waals surface area contributed by atoms with E-state index in [0.29, 0.717) is 5.82 Å². The maximum Gasteiger partial charge on any atom is 0.262 e. The van der Waals surface area contributed by atoms with E-state index in [9.17, 15) is 9.59 Å². The van der Waals surface area contributed by atoms with Crippen molar-refractivity contribution < 1.29 is 9.59 Å². The lowest BCUT2D eigenvalue weighted by atomic mass is 9.96. The summed E-state index contributed by atoms with van der Waals surface area (Å²) in [5, 5.41) is 11.9. The molecule has 1 aromatic carbocycles. The minimum Gasteiger partial charge on any atom is -0.273 e. The first-order valence-corrected chi connectivity index (χ1v) is 7.20. The van der Waals surface area contributed by atoms with Crippen molar-refractivity contribution in [3.05, 3.63) is 29.8 Å². The summed E-state index contributed by atoms with van der Waals surface area (Å²) in [4.78, 5) is 24.6. The van der Waals surface area contributed by atoms with Crippen LogP contribution < -0.4 is 10.9 Å². The maximum absolute atomic E-state index is 11.8. The Hall–Kier alpha value is -2.77. The van der Waals surface area contributed by atoms with Gasteiger partial charge in [-0.1, -0.05) is 50.6 Å². The van der Waals surface area contributed by atoms with Crippen LogP contribution in [0.4, 0.5) is 0 Å². The Morgan fingerprint density at radius 1 is 1.13 bits per heavy atom. The molecule has 0 bridgehead atoms. The Labute approximate surface area is 134 Å². The molecule has 0 fully saturated rings. The number of amides is 2. The molecule has 8 nitrogen and oxygen atoms in total. The second-order valence-corrected chi connectivity index (χ2v) is 6.26. The van der Waals surface area contributed by atoms with Gasteiger partial charge >= 0.3 is 0 Å². The fourth-order valence-corrected chi connectivity index (χ4v) is 1.61. The Balaban J connectivity index is 1.93. The SMILES string of the molecule is Cc1ccc(-c2nnn(CC(=O)NNC(=O)C(C)(C)C)n2)cc1. The van der Waals surface area contributed by atoms with Crippen LogP contribution in [0.25, 0.3) is 11.4 Å². The summed E-state index contributed by atoms with van der Waals surface area (Å²) in [6, 6.07) is 7.68. The number of hydrazine groups is 1. The van der Waals surface area contributed by atoms with Gasteiger partial charge in [-0.3, -0.25) is 20.4 Å². The molecule has 0 atom stereocenters. The second-order valence-electron chi connectivity index (χ2n) is 6.26. The summed E-state index contributed by atoms with van der Waals surface area (Å²) in [6.07, 6.45) is 0. The third-order valence-electron chi connectivity index (χ3n) is 3.04. The van der Waals surface area contributed by atoms with E-state index < -0.39 is 11.3 Å². The first-order valence-electron chi connectivity index (χ1n) is 7.20. The van der Waals surface area contributed by atoms with Gasteiger partial charge < -0.3 is 0 Å². The van der Waals surface area contributed by atoms with Crippen molar-refractivity contribution in [2.45, 2.75) is 34.2 Å². The van der Waals surface area contributed by atoms with Crippen LogP contribution in [-0.2, 0) is 16.1 Å². The highest BCUT2D eigenvalue weighted by Crippen LogP contribution is 2.14. The first kappa shape index (κ1) is 16.6. The highest BCUT2D eigenvalue weighted by atomic mass is 16.2. The number of aryl methyl sites for hydroxylation is 1. The lowest BCUT2D eigenvalue weighted by molar-refractivity contribution is -0.134. The minimum atomic E-state index is -0.586. The molecule has 0 spiro atoms. The zero-order chi connectivity index (χ0) is 17.0. The van der Waals surface area contributed by atoms with Gasteiger partial charge in [0.15, 0.2) is 0 Å². The molecule has 8 heteroatoms. The molecule has 1 heterocycles. The Morgan fingerprint density at radius 3 is 2.39 bits per heavy atom. The summed E-state index contributed by atoms with van der Waals surface area (Å²) >= 11 is 0. The van der Waals surface area contributed by atoms with Crippen molar-refractivity contribution in [3.63, 3.8) is 0 Å². The summed E-state index contributed by atoms with van der Waals surface area (Å²) in [6.45, 7) is 7.11. The maximum atomic E-state index is 11.8. The van der Waals surface area contributed by atoms with Crippen molar-refractivity contribution in [2.75, 3.05) is 0 Å². The van der Waals surface area contributed by atoms with Crippen molar-refractivity contribution in [3.8, 4) is 11.4 Å². The standard InChI is InChI=1S/C15H20N6O2/c1-10-5-7-11(8-6-10)13-17-20-21(19-13)9-12(22)16-18-14(23)15(2,3)4/h5-8H,9H2,1-4H3,(H,16,22)(H,18,23). The number of nitrogens with zero attached hydrogens (tertiary/aromatic N) is 4. The summed E-state index contributed by atoms with van der Waals surface area (Å²) in [5.41, 5.74) is 6.06. The minimum absolute atomic E-state index is 0.136. The summed E-state index contributed by atoms with van der Waals surface area (Å²) in [5.74, 6) is -0.273. The highest BCUT2D eigenvalue weighted by molar-refractivity contribution is 5.84. The lowest BCUT2D eigenvalue weighted by Crippen LogP contribution is -2.47. The van der Waals surface area contributed by atoms with E-state index in [4.69, 9.17) is 0 Å². The first-order chi connectivity index (χ1) is 10.8. The van der Waals surface area contributed by atoms with Crippen LogP contribution in [0, 0.1) is 12.3 Å². The van der Waals surface area contributed by atoms with Crippen LogP contribution in [0.5, 0.6) is 0 Å². The van der Waals surface area contributed by atoms with E-state index in [1.165, 1.54) is 4.80 Å². The Kier molecular flexibility index (Phi) is 4.73. The molecule has 1 aromatic heterocycles. The van der Waals surface area contributed by atoms with Crippen molar-refractivity contribution in [1.82, 2.24) is 31.1 Å². The molecule has 2 N–H and O–H groups in total. The van der Waals surface area contributed by atoms with Gasteiger partial charge in [0, 0.05) is 11.0 Å². The van der Waals surface area contributed by atoms with Gasteiger partial charge in [0.25, 0.3) is 5.91 Å². The average Bonchev–Trinajstić information content (AvgIpc) is 2.93. The summed E-state index contributed by atoms with van der Waals surface area (Å²) in [7, 11) is 0. The monoisotopic (exact) mass is 316 g/mol. The van der Waals surface area contributed by atoms with E-state index in [2.05, 4.69) is 26.3 Å². The molecule has 122 valence electrons. The second kappa shape index (κ2) is 6.55. The van der Waals surface area contributed by atoms with E-state index in [1.54, 1.807) is 20.8 Å². The third-order valence-corrected chi connectivity index (χ3v) is 3.04. The molecule has 0 saturated carbocycles. The van der Waals surface area contributed by atoms with Crippen molar-refractivity contribution in [1.29, 1.82) is 0 Å². The molecule has 0 aliphatic carbocycles. The van der Waals surface area contributed by atoms with E-state index in [0.717, 1.165) is 11.1 Å². The summed E-state index contributed by atoms with van der Waals surface area (Å²) < 4.78 is 0. The normalized spacial score (nSPS) is 11.1. The molecular formula is C15H20N6O2. The van der Waals surface area contributed by atoms with E-state index in [-0.39, 0.29) is 12.5 Å². The number of hydrogen-bond acceptors (Lipinski definition) is 5. The van der Waals surface area contributed by atoms with Gasteiger partial charge in [-0.05, 0) is 12.1 Å². The molecular weight excluding hydrogens is 296 g/mol. The number of hydrogen-bond donors (Lipinski definition) is 2. The zero-order valence-corrected chi connectivity index (χ0v) is 13.6. The van der Waals surface area contributed by atoms with Crippen LogP contribution in [0.1, 0.15) is 26.3 Å². The van der Waals surface area contributed by atoms with Gasteiger partial charge in [-0.15, -0.1) is 10.2 Å². The smallest absolute Gasteiger partial charge is 0.262 e. The molecule has 0 aliphatic heterocycles. The van der Waals surface area contributed by atoms with Gasteiger partial charge in [0.2, 0.25) is 11.7 Å². The van der Waals surface area contributed by atoms with E-state index >= 15 is 0 Å². The van der Waals surface area contributed by atoms with Crippen LogP contribution in [0.15, 0.2) is 24.3 Å². The number of aromatic nitrogens is 4. The molecule has 2 rings (SSSR count). The van der Waals surface area contributed by atoms with Gasteiger partial charge in [0.1, 0.15) is 6.54 Å². The Morgan fingerprint density at radius 2 is 1.78 bits per heavy atom. The fourth-order valence-electron chi connectivity index (χ4n) is 1.61. The average molecular weight is 316 g/mol. The molecule has 0 radical (unpaired) electrons. The number of tetrazole rings is 1. The van der Waals surface area contributed by atoms with Crippen LogP contribution in [0.3, 0.4) is 0 Å². The van der Waals surface area contributed by atoms with Crippen LogP contribution in [-0.4, -0.2) is 32.0 Å². The predicted molar refractivity (Wildman–Crippen MR) is 83.7 cm³/mol. The fraction of sp³-hybridized carbons (Fsp3) is 0.400. The zero-order valence-electron chi connectivity index (χ0n) is 13.6. The third kappa shape index (κ3) is 4.60. The number of carbonyl (C=O) groups is 2. The quantitative estimate of drug-likeness (QED) is 0.817. The predicted octanol–water partition coefficient (Wildman–Crippen LogP) is 0.842. The molecule has 0 unspecified atom stereocenters. The topological polar surface area (TPSA) is 102 Å². The largest absolute Gasteiger partial charge is 0.273 e. The number of rotatable bonds is 3. The van der Waals surface area contributed by atoms with Crippen molar-refractivity contribution in [2.24, 2.45) is 5.41 Å². The Bertz CT molecular complexity index is 700. The molecule has 0 aliphatic rings. The van der Waals surface area contributed by atoms with Gasteiger partial charge in [-0.25, -0.2) is 0 Å². The van der Waals surface area contributed by atoms with Gasteiger partial charge in [0.05, 0.1) is 0 Å². The highest BCUT2D eigenvalue weighted by Gasteiger charge is 2.21. The van der Waals surface area contributed by atoms with Crippen LogP contribution in [0.2, 0.25) is 0 Å². The molecule has 23 heavy (non-hydrogen) atoms. The van der Waals surface area contributed by atoms with E-state index in [1.807, 2.05) is 31.2 Å². The molecule has 2 amide bonds. The van der Waals surface area contributed by atoms with Crippen molar-refractivity contribution >= 4 is 11.8 Å². The number of benzene rings is 1. The number of nitrogens with one attached hydrogen (secondary N) is 2.